The molecular weight excluding hydrogens is 427 g/mol. The Morgan fingerprint density at radius 1 is 1.09 bits per heavy atom. The van der Waals surface area contributed by atoms with Gasteiger partial charge in [0.15, 0.2) is 0 Å². The van der Waals surface area contributed by atoms with Crippen LogP contribution >= 0.6 is 0 Å². The average molecular weight is 456 g/mol. The van der Waals surface area contributed by atoms with Crippen molar-refractivity contribution >= 4 is 16.7 Å². The Labute approximate surface area is 191 Å². The molecule has 33 heavy (non-hydrogen) atoms. The van der Waals surface area contributed by atoms with Crippen LogP contribution in [0.2, 0.25) is 0 Å². The number of carboxylic acid groups (broad SMARTS) is 1. The molecule has 0 amide bonds. The Balaban J connectivity index is 1.47. The van der Waals surface area contributed by atoms with Crippen LogP contribution < -0.4 is 5.32 Å². The number of hydrogen-bond donors (Lipinski definition) is 2. The smallest absolute Gasteiger partial charge is 0.416 e. The molecule has 3 atom stereocenters. The number of halogens is 3. The van der Waals surface area contributed by atoms with Crippen molar-refractivity contribution in [3.63, 3.8) is 0 Å². The van der Waals surface area contributed by atoms with Gasteiger partial charge in [0.05, 0.1) is 5.56 Å². The number of nitrogens with one attached hydrogen (secondary N) is 1. The molecule has 3 aromatic rings. The summed E-state index contributed by atoms with van der Waals surface area (Å²) in [7, 11) is 0. The van der Waals surface area contributed by atoms with E-state index < -0.39 is 17.7 Å². The van der Waals surface area contributed by atoms with Crippen LogP contribution in [0.1, 0.15) is 66.8 Å². The van der Waals surface area contributed by atoms with E-state index in [2.05, 4.69) is 42.6 Å². The summed E-state index contributed by atoms with van der Waals surface area (Å²) in [5, 5.41) is 14.9. The van der Waals surface area contributed by atoms with Gasteiger partial charge in [-0.1, -0.05) is 54.6 Å². The van der Waals surface area contributed by atoms with E-state index in [0.29, 0.717) is 5.56 Å². The number of alkyl halides is 3. The Morgan fingerprint density at radius 2 is 1.85 bits per heavy atom. The van der Waals surface area contributed by atoms with E-state index in [0.717, 1.165) is 19.3 Å². The van der Waals surface area contributed by atoms with Crippen LogP contribution in [0.25, 0.3) is 10.8 Å². The summed E-state index contributed by atoms with van der Waals surface area (Å²) < 4.78 is 40.9. The second-order valence-corrected chi connectivity index (χ2v) is 8.97. The molecule has 1 fully saturated rings. The zero-order valence-electron chi connectivity index (χ0n) is 18.5. The van der Waals surface area contributed by atoms with Crippen molar-refractivity contribution in [2.75, 3.05) is 0 Å². The van der Waals surface area contributed by atoms with Crippen LogP contribution in [0.15, 0.2) is 60.7 Å². The molecule has 0 heterocycles. The van der Waals surface area contributed by atoms with Crippen LogP contribution in [0.5, 0.6) is 0 Å². The third kappa shape index (κ3) is 5.38. The molecule has 0 spiro atoms. The van der Waals surface area contributed by atoms with Gasteiger partial charge in [0.2, 0.25) is 0 Å². The molecule has 6 heteroatoms. The minimum atomic E-state index is -4.50. The quantitative estimate of drug-likeness (QED) is 0.409. The number of carbonyl (C=O) groups is 1. The van der Waals surface area contributed by atoms with Gasteiger partial charge in [-0.25, -0.2) is 0 Å². The fraction of sp³-hybridized carbons (Fsp3) is 0.370. The highest BCUT2D eigenvalue weighted by Crippen LogP contribution is 2.40. The van der Waals surface area contributed by atoms with Crippen LogP contribution in [0.3, 0.4) is 0 Å². The number of rotatable bonds is 7. The lowest BCUT2D eigenvalue weighted by Crippen LogP contribution is -2.29. The summed E-state index contributed by atoms with van der Waals surface area (Å²) in [4.78, 5) is 10.8. The molecule has 174 valence electrons. The van der Waals surface area contributed by atoms with E-state index in [1.54, 1.807) is 6.07 Å². The molecule has 1 saturated carbocycles. The highest BCUT2D eigenvalue weighted by molar-refractivity contribution is 5.86. The van der Waals surface area contributed by atoms with Crippen LogP contribution in [-0.4, -0.2) is 17.1 Å². The number of benzene rings is 3. The molecule has 2 N–H and O–H groups in total. The minimum absolute atomic E-state index is 0.0471. The van der Waals surface area contributed by atoms with Crippen LogP contribution in [0, 0.1) is 0 Å². The summed E-state index contributed by atoms with van der Waals surface area (Å²) in [5.74, 6) is -1.05. The lowest BCUT2D eigenvalue weighted by atomic mass is 9.92. The van der Waals surface area contributed by atoms with Gasteiger partial charge >= 0.3 is 12.1 Å². The van der Waals surface area contributed by atoms with Gasteiger partial charge < -0.3 is 10.4 Å². The first-order valence-corrected chi connectivity index (χ1v) is 11.4. The zero-order chi connectivity index (χ0) is 23.6. The number of hydrogen-bond acceptors (Lipinski definition) is 2. The Bertz CT molecular complexity index is 1140. The molecule has 3 aromatic carbocycles. The second-order valence-electron chi connectivity index (χ2n) is 8.97. The molecule has 1 aliphatic carbocycles. The van der Waals surface area contributed by atoms with Gasteiger partial charge in [-0.15, -0.1) is 0 Å². The molecule has 1 aliphatic rings. The maximum Gasteiger partial charge on any atom is 0.416 e. The predicted molar refractivity (Wildman–Crippen MR) is 123 cm³/mol. The van der Waals surface area contributed by atoms with Gasteiger partial charge in [-0.2, -0.15) is 13.2 Å². The Hall–Kier alpha value is -2.86. The number of carboxylic acids is 1. The number of aryl methyl sites for hydroxylation is 1. The average Bonchev–Trinajstić information content (AvgIpc) is 3.25. The van der Waals surface area contributed by atoms with Gasteiger partial charge in [0.25, 0.3) is 0 Å². The largest absolute Gasteiger partial charge is 0.481 e. The normalized spacial score (nSPS) is 19.6. The first kappa shape index (κ1) is 23.3. The predicted octanol–water partition coefficient (Wildman–Crippen LogP) is 6.86. The first-order chi connectivity index (χ1) is 15.7. The molecule has 0 radical (unpaired) electrons. The lowest BCUT2D eigenvalue weighted by molar-refractivity contribution is -0.140. The van der Waals surface area contributed by atoms with Crippen LogP contribution in [0.4, 0.5) is 13.2 Å². The first-order valence-electron chi connectivity index (χ1n) is 11.4. The highest BCUT2D eigenvalue weighted by Gasteiger charge is 2.35. The Morgan fingerprint density at radius 3 is 2.61 bits per heavy atom. The highest BCUT2D eigenvalue weighted by atomic mass is 19.4. The molecular formula is C27H28F3NO2. The maximum atomic E-state index is 13.6. The molecule has 4 rings (SSSR count). The molecule has 3 unspecified atom stereocenters. The maximum absolute atomic E-state index is 13.6. The number of aliphatic carboxylic acids is 1. The zero-order valence-corrected chi connectivity index (χ0v) is 18.5. The molecule has 0 saturated heterocycles. The Kier molecular flexibility index (Phi) is 6.75. The van der Waals surface area contributed by atoms with Crippen molar-refractivity contribution in [2.24, 2.45) is 0 Å². The van der Waals surface area contributed by atoms with Gasteiger partial charge in [-0.05, 0) is 72.1 Å². The van der Waals surface area contributed by atoms with Crippen LogP contribution in [-0.2, 0) is 17.4 Å². The fourth-order valence-electron chi connectivity index (χ4n) is 5.08. The van der Waals surface area contributed by atoms with E-state index in [4.69, 9.17) is 5.11 Å². The van der Waals surface area contributed by atoms with Crippen molar-refractivity contribution in [1.29, 1.82) is 0 Å². The standard InChI is InChI=1S/C27H28F3NO2/c1-17(23-8-4-6-18-5-2-3-7-24(18)23)31-22-13-11-20(15-22)21-10-9-19(12-14-26(32)33)25(16-21)27(28,29)30/h2-10,16-17,20,22,31H,11-15H2,1H3,(H,32,33). The molecule has 0 aromatic heterocycles. The van der Waals surface area contributed by atoms with Crippen molar-refractivity contribution in [1.82, 2.24) is 5.32 Å². The SMILES string of the molecule is CC(NC1CCC(c2ccc(CCC(=O)O)c(C(F)(F)F)c2)C1)c1cccc2ccccc12. The van der Waals surface area contributed by atoms with E-state index >= 15 is 0 Å². The summed E-state index contributed by atoms with van der Waals surface area (Å²) >= 11 is 0. The summed E-state index contributed by atoms with van der Waals surface area (Å²) in [6.07, 6.45) is -2.43. The summed E-state index contributed by atoms with van der Waals surface area (Å²) in [5.41, 5.74) is 1.25. The van der Waals surface area contributed by atoms with Crippen molar-refractivity contribution in [2.45, 2.75) is 63.2 Å². The summed E-state index contributed by atoms with van der Waals surface area (Å²) in [6.45, 7) is 2.13. The fourth-order valence-corrected chi connectivity index (χ4v) is 5.08. The van der Waals surface area contributed by atoms with Gasteiger partial charge in [-0.3, -0.25) is 4.79 Å². The molecule has 3 nitrogen and oxygen atoms in total. The lowest BCUT2D eigenvalue weighted by Gasteiger charge is -2.22. The van der Waals surface area contributed by atoms with Gasteiger partial charge in [0.1, 0.15) is 0 Å². The van der Waals surface area contributed by atoms with Crippen molar-refractivity contribution in [3.05, 3.63) is 82.9 Å². The summed E-state index contributed by atoms with van der Waals surface area (Å²) in [6, 6.07) is 19.3. The second kappa shape index (κ2) is 9.56. The van der Waals surface area contributed by atoms with Gasteiger partial charge in [0, 0.05) is 18.5 Å². The van der Waals surface area contributed by atoms with E-state index in [9.17, 15) is 18.0 Å². The van der Waals surface area contributed by atoms with E-state index in [1.165, 1.54) is 28.5 Å². The van der Waals surface area contributed by atoms with E-state index in [1.807, 2.05) is 12.1 Å². The molecule has 0 aliphatic heterocycles. The van der Waals surface area contributed by atoms with Crippen molar-refractivity contribution in [3.8, 4) is 0 Å². The number of fused-ring (bicyclic) bond motifs is 1. The minimum Gasteiger partial charge on any atom is -0.481 e. The third-order valence-electron chi connectivity index (χ3n) is 6.73. The van der Waals surface area contributed by atoms with Crippen molar-refractivity contribution < 1.29 is 23.1 Å². The molecule has 0 bridgehead atoms. The topological polar surface area (TPSA) is 49.3 Å². The van der Waals surface area contributed by atoms with E-state index in [-0.39, 0.29) is 36.4 Å². The third-order valence-corrected chi connectivity index (χ3v) is 6.73. The monoisotopic (exact) mass is 455 g/mol.